The average molecular weight is 324 g/mol. The van der Waals surface area contributed by atoms with Gasteiger partial charge in [-0.15, -0.1) is 11.3 Å². The molecule has 2 aromatic carbocycles. The van der Waals surface area contributed by atoms with E-state index in [4.69, 9.17) is 0 Å². The molecule has 0 atom stereocenters. The number of phenols is 1. The number of thiazole rings is 1. The number of phenolic OH excluding ortho intramolecular Hbond substituents is 1. The van der Waals surface area contributed by atoms with Gasteiger partial charge in [-0.2, -0.15) is 0 Å². The van der Waals surface area contributed by atoms with E-state index < -0.39 is 0 Å². The highest BCUT2D eigenvalue weighted by molar-refractivity contribution is 7.14. The number of aryl methyl sites for hydroxylation is 1. The molecule has 0 saturated heterocycles. The molecule has 0 aliphatic carbocycles. The molecule has 2 N–H and O–H groups in total. The number of nitrogens with one attached hydrogen (secondary N) is 1. The van der Waals surface area contributed by atoms with E-state index >= 15 is 0 Å². The maximum atomic E-state index is 12.1. The molecule has 23 heavy (non-hydrogen) atoms. The van der Waals surface area contributed by atoms with Crippen molar-refractivity contribution in [3.05, 3.63) is 65.0 Å². The predicted octanol–water partition coefficient (Wildman–Crippen LogP) is 4.01. The Morgan fingerprint density at radius 2 is 2.04 bits per heavy atom. The van der Waals surface area contributed by atoms with E-state index in [2.05, 4.69) is 10.3 Å². The summed E-state index contributed by atoms with van der Waals surface area (Å²) in [6, 6.07) is 14.7. The van der Waals surface area contributed by atoms with Gasteiger partial charge in [-0.25, -0.2) is 4.98 Å². The third-order valence-corrected chi connectivity index (χ3v) is 4.26. The van der Waals surface area contributed by atoms with Gasteiger partial charge in [-0.1, -0.05) is 36.4 Å². The number of amides is 1. The summed E-state index contributed by atoms with van der Waals surface area (Å²) in [5.74, 6) is 0.108. The molecule has 3 rings (SSSR count). The molecule has 3 aromatic rings. The van der Waals surface area contributed by atoms with Crippen LogP contribution in [0.5, 0.6) is 5.75 Å². The van der Waals surface area contributed by atoms with Crippen molar-refractivity contribution in [3.8, 4) is 17.0 Å². The molecule has 1 amide bonds. The van der Waals surface area contributed by atoms with Crippen LogP contribution in [0.2, 0.25) is 0 Å². The van der Waals surface area contributed by atoms with Crippen molar-refractivity contribution in [1.29, 1.82) is 0 Å². The van der Waals surface area contributed by atoms with Crippen molar-refractivity contribution in [2.75, 3.05) is 5.32 Å². The van der Waals surface area contributed by atoms with Crippen molar-refractivity contribution < 1.29 is 9.90 Å². The first-order chi connectivity index (χ1) is 11.1. The van der Waals surface area contributed by atoms with Gasteiger partial charge in [0.15, 0.2) is 5.13 Å². The Bertz CT molecular complexity index is 842. The van der Waals surface area contributed by atoms with Gasteiger partial charge >= 0.3 is 0 Å². The summed E-state index contributed by atoms with van der Waals surface area (Å²) in [5, 5.41) is 14.8. The molecule has 5 heteroatoms. The Hall–Kier alpha value is -2.66. The Morgan fingerprint density at radius 3 is 2.83 bits per heavy atom. The minimum Gasteiger partial charge on any atom is -0.508 e. The zero-order valence-corrected chi connectivity index (χ0v) is 13.4. The van der Waals surface area contributed by atoms with Gasteiger partial charge in [0.25, 0.3) is 0 Å². The number of rotatable bonds is 4. The fourth-order valence-electron chi connectivity index (χ4n) is 2.27. The monoisotopic (exact) mass is 324 g/mol. The lowest BCUT2D eigenvalue weighted by Crippen LogP contribution is -2.14. The lowest BCUT2D eigenvalue weighted by molar-refractivity contribution is -0.115. The molecule has 116 valence electrons. The quantitative estimate of drug-likeness (QED) is 0.762. The zero-order valence-electron chi connectivity index (χ0n) is 12.6. The topological polar surface area (TPSA) is 62.2 Å². The summed E-state index contributed by atoms with van der Waals surface area (Å²) in [5.41, 5.74) is 3.66. The molecule has 0 bridgehead atoms. The number of hydrogen-bond acceptors (Lipinski definition) is 4. The van der Waals surface area contributed by atoms with Crippen LogP contribution in [0, 0.1) is 6.92 Å². The standard InChI is InChI=1S/C18H16N2O2S/c1-12-5-2-3-6-13(12)10-17(22)20-18-19-16(11-23-18)14-7-4-8-15(21)9-14/h2-9,11,21H,10H2,1H3,(H,19,20,22). The van der Waals surface area contributed by atoms with Gasteiger partial charge in [-0.05, 0) is 30.2 Å². The Kier molecular flexibility index (Phi) is 4.39. The first kappa shape index (κ1) is 15.2. The van der Waals surface area contributed by atoms with E-state index in [-0.39, 0.29) is 11.7 Å². The fourth-order valence-corrected chi connectivity index (χ4v) is 3.01. The SMILES string of the molecule is Cc1ccccc1CC(=O)Nc1nc(-c2cccc(O)c2)cs1. The van der Waals surface area contributed by atoms with Crippen molar-refractivity contribution in [2.24, 2.45) is 0 Å². The van der Waals surface area contributed by atoms with Crippen LogP contribution in [-0.2, 0) is 11.2 Å². The minimum atomic E-state index is -0.0869. The van der Waals surface area contributed by atoms with Gasteiger partial charge in [0, 0.05) is 10.9 Å². The maximum Gasteiger partial charge on any atom is 0.230 e. The van der Waals surface area contributed by atoms with Crippen LogP contribution in [0.4, 0.5) is 5.13 Å². The number of aromatic hydroxyl groups is 1. The zero-order chi connectivity index (χ0) is 16.2. The molecular formula is C18H16N2O2S. The van der Waals surface area contributed by atoms with Crippen molar-refractivity contribution >= 4 is 22.4 Å². The highest BCUT2D eigenvalue weighted by Crippen LogP contribution is 2.27. The first-order valence-electron chi connectivity index (χ1n) is 7.21. The smallest absolute Gasteiger partial charge is 0.230 e. The Labute approximate surface area is 138 Å². The second-order valence-corrected chi connectivity index (χ2v) is 6.10. The first-order valence-corrected chi connectivity index (χ1v) is 8.09. The van der Waals surface area contributed by atoms with Crippen LogP contribution in [0.3, 0.4) is 0 Å². The number of nitrogens with zero attached hydrogens (tertiary/aromatic N) is 1. The molecule has 0 aliphatic heterocycles. The lowest BCUT2D eigenvalue weighted by atomic mass is 10.1. The van der Waals surface area contributed by atoms with E-state index in [1.807, 2.05) is 42.6 Å². The molecule has 1 aromatic heterocycles. The van der Waals surface area contributed by atoms with Crippen LogP contribution in [0.1, 0.15) is 11.1 Å². The summed E-state index contributed by atoms with van der Waals surface area (Å²) < 4.78 is 0. The average Bonchev–Trinajstić information content (AvgIpc) is 2.98. The Morgan fingerprint density at radius 1 is 1.22 bits per heavy atom. The number of aromatic nitrogens is 1. The molecule has 0 spiro atoms. The third kappa shape index (κ3) is 3.76. The van der Waals surface area contributed by atoms with E-state index in [1.54, 1.807) is 18.2 Å². The molecule has 1 heterocycles. The van der Waals surface area contributed by atoms with Gasteiger partial charge in [-0.3, -0.25) is 4.79 Å². The number of carbonyl (C=O) groups excluding carboxylic acids is 1. The largest absolute Gasteiger partial charge is 0.508 e. The van der Waals surface area contributed by atoms with Crippen LogP contribution < -0.4 is 5.32 Å². The summed E-state index contributed by atoms with van der Waals surface area (Å²) in [6.45, 7) is 1.99. The predicted molar refractivity (Wildman–Crippen MR) is 92.7 cm³/mol. The van der Waals surface area contributed by atoms with Crippen molar-refractivity contribution in [2.45, 2.75) is 13.3 Å². The fraction of sp³-hybridized carbons (Fsp3) is 0.111. The summed E-state index contributed by atoms with van der Waals surface area (Å²) >= 11 is 1.37. The van der Waals surface area contributed by atoms with E-state index in [0.717, 1.165) is 22.4 Å². The highest BCUT2D eigenvalue weighted by Gasteiger charge is 2.10. The third-order valence-electron chi connectivity index (χ3n) is 3.50. The van der Waals surface area contributed by atoms with Crippen LogP contribution in [0.15, 0.2) is 53.9 Å². The van der Waals surface area contributed by atoms with E-state index in [0.29, 0.717) is 11.6 Å². The van der Waals surface area contributed by atoms with E-state index in [1.165, 1.54) is 11.3 Å². The number of benzene rings is 2. The Balaban J connectivity index is 1.69. The summed E-state index contributed by atoms with van der Waals surface area (Å²) in [4.78, 5) is 16.6. The van der Waals surface area contributed by atoms with Crippen LogP contribution in [-0.4, -0.2) is 16.0 Å². The highest BCUT2D eigenvalue weighted by atomic mass is 32.1. The summed E-state index contributed by atoms with van der Waals surface area (Å²) in [7, 11) is 0. The van der Waals surface area contributed by atoms with Gasteiger partial charge in [0.05, 0.1) is 12.1 Å². The van der Waals surface area contributed by atoms with Crippen LogP contribution >= 0.6 is 11.3 Å². The molecule has 0 saturated carbocycles. The van der Waals surface area contributed by atoms with Gasteiger partial charge in [0.2, 0.25) is 5.91 Å². The number of carbonyl (C=O) groups is 1. The molecule has 0 aliphatic rings. The normalized spacial score (nSPS) is 10.5. The van der Waals surface area contributed by atoms with Crippen LogP contribution in [0.25, 0.3) is 11.3 Å². The number of hydrogen-bond donors (Lipinski definition) is 2. The van der Waals surface area contributed by atoms with Gasteiger partial charge in [0.1, 0.15) is 5.75 Å². The molecule has 0 fully saturated rings. The lowest BCUT2D eigenvalue weighted by Gasteiger charge is -2.05. The maximum absolute atomic E-state index is 12.1. The summed E-state index contributed by atoms with van der Waals surface area (Å²) in [6.07, 6.45) is 0.327. The number of anilines is 1. The molecular weight excluding hydrogens is 308 g/mol. The minimum absolute atomic E-state index is 0.0869. The van der Waals surface area contributed by atoms with Gasteiger partial charge < -0.3 is 10.4 Å². The second-order valence-electron chi connectivity index (χ2n) is 5.24. The molecule has 4 nitrogen and oxygen atoms in total. The van der Waals surface area contributed by atoms with E-state index in [9.17, 15) is 9.90 Å². The molecule has 0 unspecified atom stereocenters. The second kappa shape index (κ2) is 6.62. The van der Waals surface area contributed by atoms with Crippen molar-refractivity contribution in [1.82, 2.24) is 4.98 Å². The molecule has 0 radical (unpaired) electrons. The van der Waals surface area contributed by atoms with Crippen molar-refractivity contribution in [3.63, 3.8) is 0 Å².